The lowest BCUT2D eigenvalue weighted by Crippen LogP contribution is -2.73. The first-order chi connectivity index (χ1) is 35.5. The summed E-state index contributed by atoms with van der Waals surface area (Å²) in [7, 11) is 5.54. The van der Waals surface area contributed by atoms with Crippen LogP contribution in [-0.4, -0.2) is 67.6 Å². The molecule has 8 bridgehead atoms. The quantitative estimate of drug-likeness (QED) is 0.0889. The van der Waals surface area contributed by atoms with E-state index in [2.05, 4.69) is 9.97 Å². The minimum Gasteiger partial charge on any atom is -0.354 e. The third kappa shape index (κ3) is 8.51. The number of alkyl halides is 15. The fourth-order valence-corrected chi connectivity index (χ4v) is 8.46. The first-order valence-electron chi connectivity index (χ1n) is 22.3. The van der Waals surface area contributed by atoms with Gasteiger partial charge in [0, 0.05) is 86.4 Å². The van der Waals surface area contributed by atoms with E-state index in [1.807, 2.05) is 133 Å². The molecule has 9 rings (SSSR count). The lowest BCUT2D eigenvalue weighted by atomic mass is 9.91. The van der Waals surface area contributed by atoms with Crippen LogP contribution in [0.3, 0.4) is 0 Å². The number of anilines is 1. The molecule has 3 N–H and O–H groups in total. The highest BCUT2D eigenvalue weighted by molar-refractivity contribution is 6.01. The van der Waals surface area contributed by atoms with Gasteiger partial charge in [-0.05, 0) is 83.0 Å². The number of amides is 1. The Labute approximate surface area is 419 Å². The van der Waals surface area contributed by atoms with Crippen molar-refractivity contribution in [3.05, 3.63) is 145 Å². The van der Waals surface area contributed by atoms with Crippen molar-refractivity contribution < 1.29 is 84.4 Å². The largest absolute Gasteiger partial charge is 0.460 e. The molecule has 1 amide bonds. The standard InChI is InChI=1S/C52H34F15N8O/c1-73-22-16-29(17-23-73)42-35-10-8-33(69-35)41(28-4-6-32(7-5-28)68-45(76)46(53,54)47(55,56)48(57,58)49(59,60)50(61,62)51(63,64)52(65,66)67)34-9-11-36(70-34)43(30-18-24-74(2)25-19-30)38-13-15-40(72-38)44(39-14-12-37(42)71-39)31-20-26-75(3)27-21-31/h4-27H,1-3H3,(H-,68,69,70,71,72,76)/q+1/p+2. The summed E-state index contributed by atoms with van der Waals surface area (Å²) in [5.74, 6) is -52.4. The molecule has 9 nitrogen and oxygen atoms in total. The van der Waals surface area contributed by atoms with Gasteiger partial charge in [0.05, 0.1) is 22.8 Å². The number of benzene rings is 1. The Kier molecular flexibility index (Phi) is 12.6. The highest BCUT2D eigenvalue weighted by Crippen LogP contribution is 2.62. The predicted molar refractivity (Wildman–Crippen MR) is 248 cm³/mol. The molecule has 2 aliphatic rings. The van der Waals surface area contributed by atoms with Gasteiger partial charge in [-0.3, -0.25) is 4.79 Å². The minimum absolute atomic E-state index is 0.154. The second-order valence-electron chi connectivity index (χ2n) is 17.7. The van der Waals surface area contributed by atoms with Gasteiger partial charge in [-0.15, -0.1) is 0 Å². The van der Waals surface area contributed by atoms with E-state index in [1.54, 1.807) is 24.3 Å². The van der Waals surface area contributed by atoms with Crippen molar-refractivity contribution in [1.82, 2.24) is 19.9 Å². The van der Waals surface area contributed by atoms with Crippen LogP contribution in [0.15, 0.2) is 122 Å². The summed E-state index contributed by atoms with van der Waals surface area (Å²) in [6, 6.07) is 22.3. The molecule has 0 radical (unpaired) electrons. The average Bonchev–Trinajstić information content (AvgIpc) is 4.22. The lowest BCUT2D eigenvalue weighted by Gasteiger charge is -2.41. The highest BCUT2D eigenvalue weighted by atomic mass is 19.4. The van der Waals surface area contributed by atoms with Crippen LogP contribution >= 0.6 is 0 Å². The van der Waals surface area contributed by atoms with Gasteiger partial charge in [0.2, 0.25) is 0 Å². The Morgan fingerprint density at radius 2 is 0.671 bits per heavy atom. The van der Waals surface area contributed by atoms with E-state index < -0.39 is 53.3 Å². The Balaban J connectivity index is 1.21. The number of hydrogen-bond acceptors (Lipinski definition) is 3. The number of aromatic amines is 2. The second kappa shape index (κ2) is 18.2. The van der Waals surface area contributed by atoms with Crippen molar-refractivity contribution in [1.29, 1.82) is 0 Å². The third-order valence-corrected chi connectivity index (χ3v) is 12.6. The number of aromatic nitrogens is 7. The monoisotopic (exact) mass is 1070 g/mol. The van der Waals surface area contributed by atoms with Gasteiger partial charge in [-0.1, -0.05) is 12.1 Å². The molecule has 0 saturated carbocycles. The second-order valence-corrected chi connectivity index (χ2v) is 17.7. The topological polar surface area (TPSA) is 98.1 Å². The molecule has 0 fully saturated rings. The van der Waals surface area contributed by atoms with Gasteiger partial charge >= 0.3 is 47.6 Å². The number of fused-ring (bicyclic) bond motifs is 8. The molecule has 7 aromatic rings. The molecule has 1 aromatic carbocycles. The molecular weight excluding hydrogens is 1040 g/mol. The molecule has 392 valence electrons. The fourth-order valence-electron chi connectivity index (χ4n) is 8.46. The molecule has 2 aliphatic heterocycles. The number of aryl methyl sites for hydroxylation is 3. The van der Waals surface area contributed by atoms with Crippen LogP contribution in [-0.2, 0) is 25.9 Å². The van der Waals surface area contributed by atoms with Crippen LogP contribution in [0.25, 0.3) is 90.9 Å². The van der Waals surface area contributed by atoms with Crippen molar-refractivity contribution in [2.24, 2.45) is 21.1 Å². The molecule has 0 aliphatic carbocycles. The molecule has 24 heteroatoms. The molecular formula is C52H36F15N8O+3. The Morgan fingerprint density at radius 1 is 0.395 bits per heavy atom. The van der Waals surface area contributed by atoms with Crippen molar-refractivity contribution in [2.75, 3.05) is 5.32 Å². The summed E-state index contributed by atoms with van der Waals surface area (Å²) in [4.78, 5) is 29.8. The number of rotatable bonds is 11. The summed E-state index contributed by atoms with van der Waals surface area (Å²) in [5.41, 5.74) is 7.80. The number of H-pyrrole nitrogens is 2. The average molecular weight is 1070 g/mol. The number of hydrogen-bond donors (Lipinski definition) is 3. The first-order valence-corrected chi connectivity index (χ1v) is 22.3. The highest BCUT2D eigenvalue weighted by Gasteiger charge is 2.94. The number of carbonyl (C=O) groups is 1. The maximum Gasteiger partial charge on any atom is 0.460 e. The van der Waals surface area contributed by atoms with Crippen LogP contribution in [0.4, 0.5) is 71.5 Å². The maximum absolute atomic E-state index is 15.0. The predicted octanol–water partition coefficient (Wildman–Crippen LogP) is 12.1. The number of halogens is 15. The summed E-state index contributed by atoms with van der Waals surface area (Å²) < 4.78 is 215. The summed E-state index contributed by atoms with van der Waals surface area (Å²) in [6.45, 7) is 0. The van der Waals surface area contributed by atoms with E-state index in [-0.39, 0.29) is 16.8 Å². The van der Waals surface area contributed by atoms with Crippen molar-refractivity contribution >= 4 is 58.0 Å². The molecule has 6 aromatic heterocycles. The van der Waals surface area contributed by atoms with Crippen molar-refractivity contribution in [3.8, 4) is 44.5 Å². The SMILES string of the molecule is C[n+]1ccc(-c2c3nc(c(-c4cc[n+](C)cc4)c4ccc([nH]4)c(-c4cc[n+](C)cc4)c4nc(c(-c5ccc(NC(=O)C(F)(F)C(F)(F)C(F)(F)C(F)(F)C(F)(F)C(F)(F)C(F)(F)F)cc5)c5ccc2[nH]5)C=C4)C=C3)cc1. The Bertz CT molecular complexity index is 3620. The van der Waals surface area contributed by atoms with Gasteiger partial charge in [0.1, 0.15) is 21.1 Å². The fraction of sp³-hybridized carbons (Fsp3) is 0.192. The molecule has 8 heterocycles. The van der Waals surface area contributed by atoms with E-state index in [0.717, 1.165) is 51.8 Å². The van der Waals surface area contributed by atoms with E-state index in [9.17, 15) is 70.7 Å². The lowest BCUT2D eigenvalue weighted by molar-refractivity contribution is -0.671. The van der Waals surface area contributed by atoms with Crippen LogP contribution < -0.4 is 19.0 Å². The van der Waals surface area contributed by atoms with Crippen molar-refractivity contribution in [3.63, 3.8) is 0 Å². The van der Waals surface area contributed by atoms with E-state index >= 15 is 0 Å². The summed E-state index contributed by atoms with van der Waals surface area (Å²) in [6.07, 6.45) is 10.4. The summed E-state index contributed by atoms with van der Waals surface area (Å²) >= 11 is 0. The number of nitrogens with zero attached hydrogens (tertiary/aromatic N) is 5. The van der Waals surface area contributed by atoms with Crippen LogP contribution in [0.2, 0.25) is 0 Å². The van der Waals surface area contributed by atoms with Gasteiger partial charge in [0.15, 0.2) is 37.2 Å². The number of carbonyl (C=O) groups excluding carboxylic acids is 1. The third-order valence-electron chi connectivity index (χ3n) is 12.6. The molecule has 0 unspecified atom stereocenters. The zero-order chi connectivity index (χ0) is 55.1. The zero-order valence-corrected chi connectivity index (χ0v) is 39.2. The molecule has 0 atom stereocenters. The Morgan fingerprint density at radius 3 is 0.974 bits per heavy atom. The number of nitrogens with one attached hydrogen (secondary N) is 3. The van der Waals surface area contributed by atoms with Crippen LogP contribution in [0.5, 0.6) is 0 Å². The first kappa shape index (κ1) is 52.5. The van der Waals surface area contributed by atoms with Crippen molar-refractivity contribution in [2.45, 2.75) is 41.7 Å². The Hall–Kier alpha value is -8.31. The molecule has 0 spiro atoms. The van der Waals surface area contributed by atoms with E-state index in [0.29, 0.717) is 50.3 Å². The van der Waals surface area contributed by atoms with Gasteiger partial charge in [0.25, 0.3) is 0 Å². The van der Waals surface area contributed by atoms with Crippen LogP contribution in [0.1, 0.15) is 22.8 Å². The van der Waals surface area contributed by atoms with E-state index in [4.69, 9.17) is 9.97 Å². The van der Waals surface area contributed by atoms with Gasteiger partial charge in [-0.25, -0.2) is 23.7 Å². The van der Waals surface area contributed by atoms with Crippen LogP contribution in [0, 0.1) is 0 Å². The normalized spacial score (nSPS) is 13.6. The minimum atomic E-state index is -8.55. The maximum atomic E-state index is 15.0. The smallest absolute Gasteiger partial charge is 0.354 e. The summed E-state index contributed by atoms with van der Waals surface area (Å²) in [5, 5.41) is 1.07. The molecule has 0 saturated heterocycles. The zero-order valence-electron chi connectivity index (χ0n) is 39.2. The van der Waals surface area contributed by atoms with E-state index in [1.165, 1.54) is 0 Å². The van der Waals surface area contributed by atoms with Gasteiger partial charge in [-0.2, -0.15) is 65.9 Å². The number of pyridine rings is 3. The molecule has 76 heavy (non-hydrogen) atoms. The van der Waals surface area contributed by atoms with Gasteiger partial charge < -0.3 is 15.3 Å².